The zero-order chi connectivity index (χ0) is 12.4. The highest BCUT2D eigenvalue weighted by Gasteiger charge is 2.36. The van der Waals surface area contributed by atoms with E-state index in [0.717, 1.165) is 0 Å². The topological polar surface area (TPSA) is 38.3 Å². The molecule has 0 aromatic heterocycles. The fourth-order valence-corrected chi connectivity index (χ4v) is 2.37. The SMILES string of the molecule is COC(=O)[C@@H]1CNC[C@H]1c1ccc(Cl)cc1F. The van der Waals surface area contributed by atoms with E-state index in [9.17, 15) is 9.18 Å². The van der Waals surface area contributed by atoms with Gasteiger partial charge in [0.2, 0.25) is 0 Å². The van der Waals surface area contributed by atoms with Crippen LogP contribution in [0.3, 0.4) is 0 Å². The molecule has 0 aliphatic carbocycles. The Morgan fingerprint density at radius 3 is 2.94 bits per heavy atom. The van der Waals surface area contributed by atoms with Crippen LogP contribution >= 0.6 is 11.6 Å². The Bertz CT molecular complexity index is 439. The molecule has 92 valence electrons. The predicted molar refractivity (Wildman–Crippen MR) is 62.5 cm³/mol. The minimum absolute atomic E-state index is 0.195. The molecule has 1 N–H and O–H groups in total. The number of rotatable bonds is 2. The fourth-order valence-electron chi connectivity index (χ4n) is 2.21. The molecule has 17 heavy (non-hydrogen) atoms. The van der Waals surface area contributed by atoms with Crippen molar-refractivity contribution in [3.8, 4) is 0 Å². The molecule has 2 atom stereocenters. The number of ether oxygens (including phenoxy) is 1. The minimum Gasteiger partial charge on any atom is -0.469 e. The van der Waals surface area contributed by atoms with Gasteiger partial charge in [-0.1, -0.05) is 17.7 Å². The molecule has 0 spiro atoms. The molecule has 0 amide bonds. The molecule has 1 aromatic rings. The number of hydrogen-bond donors (Lipinski definition) is 1. The van der Waals surface area contributed by atoms with Crippen molar-refractivity contribution < 1.29 is 13.9 Å². The Morgan fingerprint density at radius 1 is 1.53 bits per heavy atom. The number of esters is 1. The van der Waals surface area contributed by atoms with Crippen molar-refractivity contribution >= 4 is 17.6 Å². The van der Waals surface area contributed by atoms with Gasteiger partial charge < -0.3 is 10.1 Å². The number of hydrogen-bond acceptors (Lipinski definition) is 3. The lowest BCUT2D eigenvalue weighted by Crippen LogP contribution is -2.23. The molecule has 0 bridgehead atoms. The average Bonchev–Trinajstić information content (AvgIpc) is 2.77. The molecule has 0 radical (unpaired) electrons. The summed E-state index contributed by atoms with van der Waals surface area (Å²) in [5.41, 5.74) is 0.509. The first kappa shape index (κ1) is 12.3. The highest BCUT2D eigenvalue weighted by atomic mass is 35.5. The Balaban J connectivity index is 2.29. The van der Waals surface area contributed by atoms with Crippen molar-refractivity contribution in [3.05, 3.63) is 34.6 Å². The Morgan fingerprint density at radius 2 is 2.29 bits per heavy atom. The van der Waals surface area contributed by atoms with E-state index in [2.05, 4.69) is 5.32 Å². The third-order valence-corrected chi connectivity index (χ3v) is 3.32. The lowest BCUT2D eigenvalue weighted by atomic mass is 9.88. The largest absolute Gasteiger partial charge is 0.469 e. The molecule has 0 unspecified atom stereocenters. The summed E-state index contributed by atoms with van der Waals surface area (Å²) in [6.07, 6.45) is 0. The molecule has 1 aliphatic heterocycles. The van der Waals surface area contributed by atoms with Crippen LogP contribution in [0, 0.1) is 11.7 Å². The second-order valence-corrected chi connectivity index (χ2v) is 4.50. The zero-order valence-electron chi connectivity index (χ0n) is 9.37. The summed E-state index contributed by atoms with van der Waals surface area (Å²) in [6.45, 7) is 1.08. The number of methoxy groups -OCH3 is 1. The van der Waals surface area contributed by atoms with E-state index in [-0.39, 0.29) is 23.6 Å². The Labute approximate surface area is 104 Å². The monoisotopic (exact) mass is 257 g/mol. The summed E-state index contributed by atoms with van der Waals surface area (Å²) >= 11 is 5.70. The lowest BCUT2D eigenvalue weighted by molar-refractivity contribution is -0.145. The maximum atomic E-state index is 13.8. The van der Waals surface area contributed by atoms with Crippen LogP contribution in [0.15, 0.2) is 18.2 Å². The Kier molecular flexibility index (Phi) is 3.64. The first-order valence-corrected chi connectivity index (χ1v) is 5.74. The van der Waals surface area contributed by atoms with Gasteiger partial charge in [-0.3, -0.25) is 4.79 Å². The van der Waals surface area contributed by atoms with Gasteiger partial charge in [-0.2, -0.15) is 0 Å². The first-order chi connectivity index (χ1) is 8.13. The molecule has 0 saturated carbocycles. The van der Waals surface area contributed by atoms with Crippen molar-refractivity contribution in [1.82, 2.24) is 5.32 Å². The number of carbonyl (C=O) groups is 1. The van der Waals surface area contributed by atoms with Crippen LogP contribution in [-0.2, 0) is 9.53 Å². The van der Waals surface area contributed by atoms with E-state index < -0.39 is 0 Å². The molecular formula is C12H13ClFNO2. The summed E-state index contributed by atoms with van der Waals surface area (Å²) in [5.74, 6) is -1.22. The fraction of sp³-hybridized carbons (Fsp3) is 0.417. The van der Waals surface area contributed by atoms with Gasteiger partial charge in [-0.05, 0) is 17.7 Å². The van der Waals surface area contributed by atoms with Gasteiger partial charge in [-0.15, -0.1) is 0 Å². The van der Waals surface area contributed by atoms with Crippen LogP contribution in [0.5, 0.6) is 0 Å². The van der Waals surface area contributed by atoms with E-state index in [1.54, 1.807) is 12.1 Å². The normalized spacial score (nSPS) is 23.7. The van der Waals surface area contributed by atoms with Crippen molar-refractivity contribution in [3.63, 3.8) is 0 Å². The molecule has 1 aromatic carbocycles. The second-order valence-electron chi connectivity index (χ2n) is 4.06. The van der Waals surface area contributed by atoms with E-state index in [1.165, 1.54) is 13.2 Å². The van der Waals surface area contributed by atoms with Gasteiger partial charge in [0.15, 0.2) is 0 Å². The van der Waals surface area contributed by atoms with Crippen LogP contribution in [-0.4, -0.2) is 26.2 Å². The number of carbonyl (C=O) groups excluding carboxylic acids is 1. The van der Waals surface area contributed by atoms with Gasteiger partial charge in [-0.25, -0.2) is 4.39 Å². The third-order valence-electron chi connectivity index (χ3n) is 3.08. The van der Waals surface area contributed by atoms with E-state index >= 15 is 0 Å². The quantitative estimate of drug-likeness (QED) is 0.823. The van der Waals surface area contributed by atoms with Gasteiger partial charge in [0, 0.05) is 24.0 Å². The molecule has 1 fully saturated rings. The van der Waals surface area contributed by atoms with Gasteiger partial charge in [0.05, 0.1) is 13.0 Å². The van der Waals surface area contributed by atoms with Crippen LogP contribution in [0.2, 0.25) is 5.02 Å². The lowest BCUT2D eigenvalue weighted by Gasteiger charge is -2.17. The van der Waals surface area contributed by atoms with Crippen molar-refractivity contribution in [2.45, 2.75) is 5.92 Å². The standard InChI is InChI=1S/C12H13ClFNO2/c1-17-12(16)10-6-15-5-9(10)8-3-2-7(13)4-11(8)14/h2-4,9-10,15H,5-6H2,1H3/t9-,10+/m0/s1. The van der Waals surface area contributed by atoms with Gasteiger partial charge in [0.1, 0.15) is 5.82 Å². The molecular weight excluding hydrogens is 245 g/mol. The van der Waals surface area contributed by atoms with E-state index in [4.69, 9.17) is 16.3 Å². The third kappa shape index (κ3) is 2.42. The highest BCUT2D eigenvalue weighted by molar-refractivity contribution is 6.30. The highest BCUT2D eigenvalue weighted by Crippen LogP contribution is 2.31. The molecule has 1 heterocycles. The van der Waals surface area contributed by atoms with Crippen molar-refractivity contribution in [2.24, 2.45) is 5.92 Å². The second kappa shape index (κ2) is 5.02. The van der Waals surface area contributed by atoms with Gasteiger partial charge >= 0.3 is 5.97 Å². The minimum atomic E-state index is -0.375. The molecule has 2 rings (SSSR count). The van der Waals surface area contributed by atoms with Crippen molar-refractivity contribution in [1.29, 1.82) is 0 Å². The number of benzene rings is 1. The molecule has 1 aliphatic rings. The maximum Gasteiger partial charge on any atom is 0.310 e. The van der Waals surface area contributed by atoms with E-state index in [0.29, 0.717) is 23.7 Å². The smallest absolute Gasteiger partial charge is 0.310 e. The average molecular weight is 258 g/mol. The number of halogens is 2. The summed E-state index contributed by atoms with van der Waals surface area (Å²) in [4.78, 5) is 11.6. The molecule has 5 heteroatoms. The maximum absolute atomic E-state index is 13.8. The summed E-state index contributed by atoms with van der Waals surface area (Å²) in [7, 11) is 1.34. The van der Waals surface area contributed by atoms with Crippen LogP contribution in [0.4, 0.5) is 4.39 Å². The van der Waals surface area contributed by atoms with Crippen molar-refractivity contribution in [2.75, 3.05) is 20.2 Å². The summed E-state index contributed by atoms with van der Waals surface area (Å²) in [5, 5.41) is 3.43. The zero-order valence-corrected chi connectivity index (χ0v) is 10.1. The Hall–Kier alpha value is -1.13. The van der Waals surface area contributed by atoms with Crippen LogP contribution in [0.1, 0.15) is 11.5 Å². The first-order valence-electron chi connectivity index (χ1n) is 5.37. The predicted octanol–water partition coefficient (Wildman–Crippen LogP) is 1.96. The van der Waals surface area contributed by atoms with Crippen LogP contribution < -0.4 is 5.32 Å². The summed E-state index contributed by atoms with van der Waals surface area (Å²) in [6, 6.07) is 4.53. The summed E-state index contributed by atoms with van der Waals surface area (Å²) < 4.78 is 18.5. The van der Waals surface area contributed by atoms with Crippen LogP contribution in [0.25, 0.3) is 0 Å². The van der Waals surface area contributed by atoms with Gasteiger partial charge in [0.25, 0.3) is 0 Å². The van der Waals surface area contributed by atoms with E-state index in [1.807, 2.05) is 0 Å². The number of nitrogens with one attached hydrogen (secondary N) is 1. The molecule has 1 saturated heterocycles. The molecule has 3 nitrogen and oxygen atoms in total.